The minimum atomic E-state index is -3.20. The van der Waals surface area contributed by atoms with Gasteiger partial charge in [0.1, 0.15) is 0 Å². The van der Waals surface area contributed by atoms with E-state index in [1.807, 2.05) is 0 Å². The van der Waals surface area contributed by atoms with E-state index in [9.17, 15) is 8.42 Å². The summed E-state index contributed by atoms with van der Waals surface area (Å²) in [5, 5.41) is 0. The Bertz CT molecular complexity index is 431. The largest absolute Gasteiger partial charge is 0.322 e. The van der Waals surface area contributed by atoms with Crippen molar-refractivity contribution in [2.24, 2.45) is 11.7 Å². The molecule has 0 amide bonds. The SMILES string of the molecule is CS(=O)(=O)n1cccc1C(N)C1CC1. The van der Waals surface area contributed by atoms with Crippen LogP contribution in [0.1, 0.15) is 24.6 Å². The monoisotopic (exact) mass is 214 g/mol. The summed E-state index contributed by atoms with van der Waals surface area (Å²) in [4.78, 5) is 0. The minimum absolute atomic E-state index is 0.139. The van der Waals surface area contributed by atoms with Crippen LogP contribution < -0.4 is 5.73 Å². The Labute approximate surface area is 83.8 Å². The van der Waals surface area contributed by atoms with E-state index in [0.717, 1.165) is 12.8 Å². The lowest BCUT2D eigenvalue weighted by molar-refractivity contribution is 0.573. The molecule has 14 heavy (non-hydrogen) atoms. The van der Waals surface area contributed by atoms with Crippen LogP contribution in [0.5, 0.6) is 0 Å². The fourth-order valence-corrected chi connectivity index (χ4v) is 2.49. The molecule has 5 heteroatoms. The molecular weight excluding hydrogens is 200 g/mol. The molecule has 4 nitrogen and oxygen atoms in total. The van der Waals surface area contributed by atoms with Crippen molar-refractivity contribution in [1.29, 1.82) is 0 Å². The molecule has 0 aromatic carbocycles. The van der Waals surface area contributed by atoms with E-state index in [2.05, 4.69) is 0 Å². The maximum absolute atomic E-state index is 11.4. The number of hydrogen-bond acceptors (Lipinski definition) is 3. The Morgan fingerprint density at radius 1 is 1.57 bits per heavy atom. The zero-order chi connectivity index (χ0) is 10.3. The lowest BCUT2D eigenvalue weighted by atomic mass is 10.1. The van der Waals surface area contributed by atoms with E-state index in [1.165, 1.54) is 10.2 Å². The molecule has 0 bridgehead atoms. The summed E-state index contributed by atoms with van der Waals surface area (Å²) in [5.41, 5.74) is 6.66. The Kier molecular flexibility index (Phi) is 2.16. The molecule has 1 atom stereocenters. The van der Waals surface area contributed by atoms with Gasteiger partial charge in [0, 0.05) is 12.2 Å². The highest BCUT2D eigenvalue weighted by Gasteiger charge is 2.32. The molecule has 1 aliphatic carbocycles. The van der Waals surface area contributed by atoms with Crippen LogP contribution in [0.4, 0.5) is 0 Å². The topological polar surface area (TPSA) is 65.1 Å². The lowest BCUT2D eigenvalue weighted by Crippen LogP contribution is -2.20. The summed E-state index contributed by atoms with van der Waals surface area (Å²) < 4.78 is 24.0. The van der Waals surface area contributed by atoms with Crippen molar-refractivity contribution < 1.29 is 8.42 Å². The molecule has 1 fully saturated rings. The smallest absolute Gasteiger partial charge is 0.235 e. The zero-order valence-corrected chi connectivity index (χ0v) is 8.87. The fraction of sp³-hybridized carbons (Fsp3) is 0.556. The normalized spacial score (nSPS) is 19.6. The maximum atomic E-state index is 11.4. The van der Waals surface area contributed by atoms with Crippen molar-refractivity contribution in [2.75, 3.05) is 6.26 Å². The van der Waals surface area contributed by atoms with Crippen molar-refractivity contribution in [3.63, 3.8) is 0 Å². The van der Waals surface area contributed by atoms with Crippen LogP contribution >= 0.6 is 0 Å². The number of nitrogens with zero attached hydrogens (tertiary/aromatic N) is 1. The van der Waals surface area contributed by atoms with E-state index >= 15 is 0 Å². The van der Waals surface area contributed by atoms with Crippen LogP contribution in [0.3, 0.4) is 0 Å². The highest BCUT2D eigenvalue weighted by molar-refractivity contribution is 7.89. The summed E-state index contributed by atoms with van der Waals surface area (Å²) >= 11 is 0. The quantitative estimate of drug-likeness (QED) is 0.805. The Balaban J connectivity index is 2.38. The molecule has 0 saturated heterocycles. The molecule has 0 radical (unpaired) electrons. The lowest BCUT2D eigenvalue weighted by Gasteiger charge is -2.13. The van der Waals surface area contributed by atoms with Crippen molar-refractivity contribution in [1.82, 2.24) is 3.97 Å². The molecule has 1 saturated carbocycles. The standard InChI is InChI=1S/C9H14N2O2S/c1-14(12,13)11-6-2-3-8(11)9(10)7-4-5-7/h2-3,6-7,9H,4-5,10H2,1H3. The van der Waals surface area contributed by atoms with Crippen LogP contribution in [0, 0.1) is 5.92 Å². The second-order valence-corrected chi connectivity index (χ2v) is 5.71. The average molecular weight is 214 g/mol. The van der Waals surface area contributed by atoms with E-state index in [4.69, 9.17) is 5.73 Å². The fourth-order valence-electron chi connectivity index (χ4n) is 1.64. The molecule has 1 aromatic heterocycles. The molecule has 0 aliphatic heterocycles. The number of hydrogen-bond donors (Lipinski definition) is 1. The summed E-state index contributed by atoms with van der Waals surface area (Å²) in [7, 11) is -3.20. The van der Waals surface area contributed by atoms with Gasteiger partial charge in [-0.2, -0.15) is 0 Å². The predicted molar refractivity (Wildman–Crippen MR) is 54.3 cm³/mol. The summed E-state index contributed by atoms with van der Waals surface area (Å²) in [6, 6.07) is 3.36. The molecule has 78 valence electrons. The molecular formula is C9H14N2O2S. The third kappa shape index (κ3) is 1.69. The third-order valence-electron chi connectivity index (χ3n) is 2.57. The van der Waals surface area contributed by atoms with Gasteiger partial charge in [-0.1, -0.05) is 0 Å². The van der Waals surface area contributed by atoms with Gasteiger partial charge in [-0.15, -0.1) is 0 Å². The zero-order valence-electron chi connectivity index (χ0n) is 8.05. The first-order valence-corrected chi connectivity index (χ1v) is 6.48. The van der Waals surface area contributed by atoms with Crippen LogP contribution in [-0.2, 0) is 10.0 Å². The highest BCUT2D eigenvalue weighted by Crippen LogP contribution is 2.39. The Morgan fingerprint density at radius 3 is 2.71 bits per heavy atom. The summed E-state index contributed by atoms with van der Waals surface area (Å²) in [5.74, 6) is 0.463. The second kappa shape index (κ2) is 3.10. The van der Waals surface area contributed by atoms with Gasteiger partial charge in [-0.3, -0.25) is 0 Å². The first-order valence-electron chi connectivity index (χ1n) is 4.63. The van der Waals surface area contributed by atoms with Crippen LogP contribution in [0.15, 0.2) is 18.3 Å². The molecule has 1 aliphatic rings. The Morgan fingerprint density at radius 2 is 2.21 bits per heavy atom. The molecule has 2 rings (SSSR count). The first-order chi connectivity index (χ1) is 6.50. The average Bonchev–Trinajstić information content (AvgIpc) is 2.78. The first kappa shape index (κ1) is 9.73. The van der Waals surface area contributed by atoms with Gasteiger partial charge in [-0.25, -0.2) is 12.4 Å². The van der Waals surface area contributed by atoms with Crippen LogP contribution in [0.2, 0.25) is 0 Å². The van der Waals surface area contributed by atoms with Crippen molar-refractivity contribution in [3.05, 3.63) is 24.0 Å². The third-order valence-corrected chi connectivity index (χ3v) is 3.62. The predicted octanol–water partition coefficient (Wildman–Crippen LogP) is 0.706. The van der Waals surface area contributed by atoms with Crippen LogP contribution in [-0.4, -0.2) is 18.6 Å². The molecule has 1 heterocycles. The number of rotatable bonds is 3. The van der Waals surface area contributed by atoms with Crippen molar-refractivity contribution >= 4 is 10.0 Å². The van der Waals surface area contributed by atoms with Crippen molar-refractivity contribution in [2.45, 2.75) is 18.9 Å². The molecule has 1 unspecified atom stereocenters. The van der Waals surface area contributed by atoms with E-state index < -0.39 is 10.0 Å². The molecule has 0 spiro atoms. The van der Waals surface area contributed by atoms with Gasteiger partial charge in [0.2, 0.25) is 10.0 Å². The van der Waals surface area contributed by atoms with Gasteiger partial charge >= 0.3 is 0 Å². The Hall–Kier alpha value is -0.810. The maximum Gasteiger partial charge on any atom is 0.235 e. The highest BCUT2D eigenvalue weighted by atomic mass is 32.2. The molecule has 1 aromatic rings. The minimum Gasteiger partial charge on any atom is -0.322 e. The van der Waals surface area contributed by atoms with Crippen molar-refractivity contribution in [3.8, 4) is 0 Å². The summed E-state index contributed by atoms with van der Waals surface area (Å²) in [6.45, 7) is 0. The second-order valence-electron chi connectivity index (χ2n) is 3.86. The van der Waals surface area contributed by atoms with Crippen LogP contribution in [0.25, 0.3) is 0 Å². The van der Waals surface area contributed by atoms with Gasteiger partial charge < -0.3 is 5.73 Å². The van der Waals surface area contributed by atoms with E-state index in [-0.39, 0.29) is 6.04 Å². The van der Waals surface area contributed by atoms with Gasteiger partial charge in [0.05, 0.1) is 11.9 Å². The number of nitrogens with two attached hydrogens (primary N) is 1. The van der Waals surface area contributed by atoms with E-state index in [0.29, 0.717) is 11.6 Å². The van der Waals surface area contributed by atoms with Gasteiger partial charge in [0.15, 0.2) is 0 Å². The number of aromatic nitrogens is 1. The van der Waals surface area contributed by atoms with Gasteiger partial charge in [-0.05, 0) is 30.9 Å². The molecule has 2 N–H and O–H groups in total. The summed E-state index contributed by atoms with van der Waals surface area (Å²) in [6.07, 6.45) is 4.95. The van der Waals surface area contributed by atoms with E-state index in [1.54, 1.807) is 18.3 Å². The van der Waals surface area contributed by atoms with Gasteiger partial charge in [0.25, 0.3) is 0 Å².